The highest BCUT2D eigenvalue weighted by atomic mass is 32.1. The van der Waals surface area contributed by atoms with Crippen LogP contribution in [0.25, 0.3) is 0 Å². The van der Waals surface area contributed by atoms with Gasteiger partial charge >= 0.3 is 6.03 Å². The third kappa shape index (κ3) is 4.79. The Morgan fingerprint density at radius 3 is 2.78 bits per heavy atom. The largest absolute Gasteiger partial charge is 0.343 e. The van der Waals surface area contributed by atoms with Gasteiger partial charge in [0.25, 0.3) is 5.91 Å². The maximum atomic E-state index is 12.0. The van der Waals surface area contributed by atoms with Crippen molar-refractivity contribution in [2.45, 2.75) is 12.8 Å². The number of nitrogens with zero attached hydrogens (tertiary/aromatic N) is 2. The lowest BCUT2D eigenvalue weighted by Crippen LogP contribution is -2.31. The Hall–Kier alpha value is -2.41. The summed E-state index contributed by atoms with van der Waals surface area (Å²) >= 11 is 1.67. The first-order chi connectivity index (χ1) is 11.0. The molecule has 1 unspecified atom stereocenters. The lowest BCUT2D eigenvalue weighted by molar-refractivity contribution is 0.0822. The fourth-order valence-corrected chi connectivity index (χ4v) is 2.73. The van der Waals surface area contributed by atoms with Crippen molar-refractivity contribution in [1.82, 2.24) is 15.2 Å². The lowest BCUT2D eigenvalue weighted by atomic mass is 10.1. The highest BCUT2D eigenvalue weighted by molar-refractivity contribution is 7.10. The van der Waals surface area contributed by atoms with Gasteiger partial charge in [0, 0.05) is 43.3 Å². The molecule has 0 aliphatic rings. The van der Waals surface area contributed by atoms with Crippen LogP contribution in [-0.2, 0) is 0 Å². The summed E-state index contributed by atoms with van der Waals surface area (Å²) in [5.41, 5.74) is 0.825. The van der Waals surface area contributed by atoms with Crippen LogP contribution in [0.2, 0.25) is 0 Å². The number of rotatable bonds is 5. The molecule has 2 heterocycles. The minimum absolute atomic E-state index is 0.208. The molecule has 0 aromatic carbocycles. The van der Waals surface area contributed by atoms with Crippen molar-refractivity contribution in [3.05, 3.63) is 46.4 Å². The number of anilines is 1. The van der Waals surface area contributed by atoms with Crippen LogP contribution in [-0.4, -0.2) is 42.5 Å². The molecule has 0 aliphatic carbocycles. The minimum Gasteiger partial charge on any atom is -0.343 e. The highest BCUT2D eigenvalue weighted by Crippen LogP contribution is 2.19. The van der Waals surface area contributed by atoms with Gasteiger partial charge in [-0.15, -0.1) is 11.3 Å². The Balaban J connectivity index is 1.90. The lowest BCUT2D eigenvalue weighted by Gasteiger charge is -2.13. The van der Waals surface area contributed by atoms with E-state index >= 15 is 0 Å². The Bertz CT molecular complexity index is 670. The van der Waals surface area contributed by atoms with Crippen LogP contribution in [0.1, 0.15) is 28.2 Å². The maximum Gasteiger partial charge on any atom is 0.319 e. The summed E-state index contributed by atoms with van der Waals surface area (Å²) < 4.78 is 0. The van der Waals surface area contributed by atoms with E-state index < -0.39 is 0 Å². The SMILES string of the molecule is CC(CNC(=O)Nc1ccnc(C(=O)N(C)C)c1)c1cccs1. The van der Waals surface area contributed by atoms with E-state index in [2.05, 4.69) is 28.6 Å². The number of carbonyl (C=O) groups excluding carboxylic acids is 2. The van der Waals surface area contributed by atoms with E-state index in [1.165, 1.54) is 16.0 Å². The van der Waals surface area contributed by atoms with Crippen LogP contribution in [0.15, 0.2) is 35.8 Å². The molecule has 0 bridgehead atoms. The summed E-state index contributed by atoms with van der Waals surface area (Å²) in [5, 5.41) is 7.57. The van der Waals surface area contributed by atoms with Crippen molar-refractivity contribution in [2.24, 2.45) is 0 Å². The molecule has 6 nitrogen and oxygen atoms in total. The molecular formula is C16H20N4O2S. The van der Waals surface area contributed by atoms with Gasteiger partial charge in [-0.25, -0.2) is 4.79 Å². The van der Waals surface area contributed by atoms with Gasteiger partial charge in [-0.2, -0.15) is 0 Å². The van der Waals surface area contributed by atoms with Gasteiger partial charge in [-0.3, -0.25) is 9.78 Å². The standard InChI is InChI=1S/C16H20N4O2S/c1-11(14-5-4-8-23-14)10-18-16(22)19-12-6-7-17-13(9-12)15(21)20(2)3/h4-9,11H,10H2,1-3H3,(H2,17,18,19,22). The first-order valence-electron chi connectivity index (χ1n) is 7.23. The summed E-state index contributed by atoms with van der Waals surface area (Å²) in [6.45, 7) is 2.60. The van der Waals surface area contributed by atoms with Crippen LogP contribution >= 0.6 is 11.3 Å². The van der Waals surface area contributed by atoms with E-state index in [1.54, 1.807) is 37.6 Å². The topological polar surface area (TPSA) is 74.3 Å². The number of aromatic nitrogens is 1. The molecular weight excluding hydrogens is 312 g/mol. The quantitative estimate of drug-likeness (QED) is 0.884. The van der Waals surface area contributed by atoms with Crippen molar-refractivity contribution in [3.63, 3.8) is 0 Å². The zero-order valence-corrected chi connectivity index (χ0v) is 14.2. The van der Waals surface area contributed by atoms with Gasteiger partial charge in [0.05, 0.1) is 0 Å². The number of carbonyl (C=O) groups is 2. The molecule has 0 spiro atoms. The van der Waals surface area contributed by atoms with Gasteiger partial charge in [0.1, 0.15) is 5.69 Å². The molecule has 2 aromatic heterocycles. The number of urea groups is 1. The maximum absolute atomic E-state index is 12.0. The predicted octanol–water partition coefficient (Wildman–Crippen LogP) is 2.77. The van der Waals surface area contributed by atoms with E-state index in [9.17, 15) is 9.59 Å². The van der Waals surface area contributed by atoms with Crippen LogP contribution in [0.4, 0.5) is 10.5 Å². The van der Waals surface area contributed by atoms with E-state index in [4.69, 9.17) is 0 Å². The zero-order chi connectivity index (χ0) is 16.8. The smallest absolute Gasteiger partial charge is 0.319 e. The monoisotopic (exact) mass is 332 g/mol. The van der Waals surface area contributed by atoms with Gasteiger partial charge in [-0.05, 0) is 23.6 Å². The number of hydrogen-bond donors (Lipinski definition) is 2. The Morgan fingerprint density at radius 1 is 1.35 bits per heavy atom. The molecule has 0 fully saturated rings. The van der Waals surface area contributed by atoms with Crippen LogP contribution in [0.3, 0.4) is 0 Å². The summed E-state index contributed by atoms with van der Waals surface area (Å²) in [4.78, 5) is 30.5. The highest BCUT2D eigenvalue weighted by Gasteiger charge is 2.12. The van der Waals surface area contributed by atoms with Crippen molar-refractivity contribution >= 4 is 29.0 Å². The number of amides is 3. The molecule has 2 rings (SSSR count). The molecule has 7 heteroatoms. The Kier molecular flexibility index (Phi) is 5.70. The minimum atomic E-state index is -0.303. The van der Waals surface area contributed by atoms with Gasteiger partial charge in [0.2, 0.25) is 0 Å². The molecule has 0 radical (unpaired) electrons. The van der Waals surface area contributed by atoms with Crippen molar-refractivity contribution in [3.8, 4) is 0 Å². The summed E-state index contributed by atoms with van der Waals surface area (Å²) in [6.07, 6.45) is 1.50. The van der Waals surface area contributed by atoms with Gasteiger partial charge < -0.3 is 15.5 Å². The average Bonchev–Trinajstić information content (AvgIpc) is 3.06. The van der Waals surface area contributed by atoms with E-state index in [0.717, 1.165) is 0 Å². The second-order valence-electron chi connectivity index (χ2n) is 5.38. The molecule has 0 saturated heterocycles. The van der Waals surface area contributed by atoms with E-state index in [0.29, 0.717) is 17.9 Å². The van der Waals surface area contributed by atoms with E-state index in [1.807, 2.05) is 11.4 Å². The van der Waals surface area contributed by atoms with Crippen LogP contribution in [0, 0.1) is 0 Å². The fourth-order valence-electron chi connectivity index (χ4n) is 1.95. The molecule has 23 heavy (non-hydrogen) atoms. The van der Waals surface area contributed by atoms with Crippen LogP contribution in [0.5, 0.6) is 0 Å². The molecule has 122 valence electrons. The first kappa shape index (κ1) is 17.0. The van der Waals surface area contributed by atoms with Gasteiger partial charge in [0.15, 0.2) is 0 Å². The Morgan fingerprint density at radius 2 is 2.13 bits per heavy atom. The second-order valence-corrected chi connectivity index (χ2v) is 6.36. The second kappa shape index (κ2) is 7.73. The predicted molar refractivity (Wildman–Crippen MR) is 92.0 cm³/mol. The van der Waals surface area contributed by atoms with E-state index in [-0.39, 0.29) is 17.9 Å². The molecule has 2 aromatic rings. The van der Waals surface area contributed by atoms with Crippen molar-refractivity contribution < 1.29 is 9.59 Å². The molecule has 1 atom stereocenters. The number of nitrogens with one attached hydrogen (secondary N) is 2. The van der Waals surface area contributed by atoms with Crippen molar-refractivity contribution in [2.75, 3.05) is 26.0 Å². The molecule has 2 N–H and O–H groups in total. The summed E-state index contributed by atoms with van der Waals surface area (Å²) in [5.74, 6) is 0.0458. The van der Waals surface area contributed by atoms with Crippen molar-refractivity contribution in [1.29, 1.82) is 0 Å². The third-order valence-corrected chi connectivity index (χ3v) is 4.34. The van der Waals surface area contributed by atoms with Crippen LogP contribution < -0.4 is 10.6 Å². The number of hydrogen-bond acceptors (Lipinski definition) is 4. The van der Waals surface area contributed by atoms with Gasteiger partial charge in [-0.1, -0.05) is 13.0 Å². The Labute approximate surface area is 139 Å². The normalized spacial score (nSPS) is 11.6. The summed E-state index contributed by atoms with van der Waals surface area (Å²) in [7, 11) is 3.31. The molecule has 0 saturated carbocycles. The first-order valence-corrected chi connectivity index (χ1v) is 8.11. The molecule has 3 amide bonds. The number of pyridine rings is 1. The average molecular weight is 332 g/mol. The third-order valence-electron chi connectivity index (χ3n) is 3.24. The molecule has 0 aliphatic heterocycles. The number of thiophene rings is 1. The summed E-state index contributed by atoms with van der Waals surface area (Å²) in [6, 6.07) is 6.95. The fraction of sp³-hybridized carbons (Fsp3) is 0.312. The zero-order valence-electron chi connectivity index (χ0n) is 13.4.